The van der Waals surface area contributed by atoms with E-state index in [1.807, 2.05) is 0 Å². The topological polar surface area (TPSA) is 96.2 Å². The molecule has 0 atom stereocenters. The standard InChI is InChI=1S/C9H8N2O3/c10-7-4-6(5-11-9(7)14)2-1-3-8(12)13/h4-5H,3,10H2,(H,11,14)(H,12,13). The molecular weight excluding hydrogens is 184 g/mol. The Morgan fingerprint density at radius 1 is 1.64 bits per heavy atom. The lowest BCUT2D eigenvalue weighted by molar-refractivity contribution is -0.135. The van der Waals surface area contributed by atoms with E-state index in [2.05, 4.69) is 16.8 Å². The molecule has 0 radical (unpaired) electrons. The average molecular weight is 192 g/mol. The number of carbonyl (C=O) groups is 1. The van der Waals surface area contributed by atoms with Gasteiger partial charge in [-0.2, -0.15) is 0 Å². The lowest BCUT2D eigenvalue weighted by Gasteiger charge is -1.91. The van der Waals surface area contributed by atoms with Crippen LogP contribution in [0.4, 0.5) is 5.69 Å². The number of hydrogen-bond acceptors (Lipinski definition) is 3. The Kier molecular flexibility index (Phi) is 2.92. The van der Waals surface area contributed by atoms with Crippen LogP contribution in [0.3, 0.4) is 0 Å². The number of H-pyrrole nitrogens is 1. The van der Waals surface area contributed by atoms with Gasteiger partial charge < -0.3 is 15.8 Å². The minimum absolute atomic E-state index is 0.0622. The van der Waals surface area contributed by atoms with E-state index in [-0.39, 0.29) is 17.7 Å². The fourth-order valence-electron chi connectivity index (χ4n) is 0.795. The number of rotatable bonds is 1. The smallest absolute Gasteiger partial charge is 0.315 e. The lowest BCUT2D eigenvalue weighted by Crippen LogP contribution is -2.10. The highest BCUT2D eigenvalue weighted by molar-refractivity contribution is 5.70. The van der Waals surface area contributed by atoms with Gasteiger partial charge in [0.15, 0.2) is 0 Å². The monoisotopic (exact) mass is 192 g/mol. The maximum Gasteiger partial charge on any atom is 0.315 e. The Balaban J connectivity index is 2.86. The third-order valence-corrected chi connectivity index (χ3v) is 1.40. The second kappa shape index (κ2) is 4.14. The van der Waals surface area contributed by atoms with Crippen molar-refractivity contribution in [2.45, 2.75) is 6.42 Å². The molecule has 0 amide bonds. The molecule has 1 heterocycles. The number of pyridine rings is 1. The molecule has 0 aliphatic heterocycles. The van der Waals surface area contributed by atoms with Crippen LogP contribution in [-0.4, -0.2) is 16.1 Å². The Hall–Kier alpha value is -2.22. The molecule has 1 aromatic rings. The largest absolute Gasteiger partial charge is 0.481 e. The molecule has 1 rings (SSSR count). The van der Waals surface area contributed by atoms with Crippen molar-refractivity contribution < 1.29 is 9.90 Å². The van der Waals surface area contributed by atoms with Crippen LogP contribution in [0.5, 0.6) is 0 Å². The van der Waals surface area contributed by atoms with Crippen molar-refractivity contribution in [3.05, 3.63) is 28.2 Å². The van der Waals surface area contributed by atoms with E-state index in [0.717, 1.165) is 0 Å². The van der Waals surface area contributed by atoms with Gasteiger partial charge in [-0.25, -0.2) is 0 Å². The van der Waals surface area contributed by atoms with Crippen LogP contribution < -0.4 is 11.3 Å². The highest BCUT2D eigenvalue weighted by Crippen LogP contribution is 1.96. The van der Waals surface area contributed by atoms with Gasteiger partial charge in [0.05, 0.1) is 5.69 Å². The lowest BCUT2D eigenvalue weighted by atomic mass is 10.2. The minimum atomic E-state index is -0.991. The summed E-state index contributed by atoms with van der Waals surface area (Å²) in [7, 11) is 0. The van der Waals surface area contributed by atoms with Crippen LogP contribution >= 0.6 is 0 Å². The molecular formula is C9H8N2O3. The highest BCUT2D eigenvalue weighted by atomic mass is 16.4. The van der Waals surface area contributed by atoms with E-state index in [1.54, 1.807) is 0 Å². The summed E-state index contributed by atoms with van der Waals surface area (Å²) in [4.78, 5) is 23.3. The van der Waals surface area contributed by atoms with Crippen molar-refractivity contribution in [2.24, 2.45) is 0 Å². The fourth-order valence-corrected chi connectivity index (χ4v) is 0.795. The van der Waals surface area contributed by atoms with E-state index in [9.17, 15) is 9.59 Å². The van der Waals surface area contributed by atoms with Gasteiger partial charge in [-0.3, -0.25) is 9.59 Å². The molecule has 0 bridgehead atoms. The Morgan fingerprint density at radius 3 is 2.93 bits per heavy atom. The second-order valence-electron chi connectivity index (χ2n) is 2.55. The molecule has 0 unspecified atom stereocenters. The summed E-state index contributed by atoms with van der Waals surface area (Å²) in [6, 6.07) is 1.40. The van der Waals surface area contributed by atoms with Gasteiger partial charge in [0.25, 0.3) is 5.56 Å². The number of aliphatic carboxylic acids is 1. The molecule has 0 aliphatic rings. The van der Waals surface area contributed by atoms with Gasteiger partial charge in [-0.15, -0.1) is 0 Å². The van der Waals surface area contributed by atoms with Crippen molar-refractivity contribution in [3.63, 3.8) is 0 Å². The summed E-state index contributed by atoms with van der Waals surface area (Å²) in [6.07, 6.45) is 1.15. The summed E-state index contributed by atoms with van der Waals surface area (Å²) in [5, 5.41) is 8.31. The predicted octanol–water partition coefficient (Wildman–Crippen LogP) is -0.217. The van der Waals surface area contributed by atoms with Crippen LogP contribution in [0.15, 0.2) is 17.1 Å². The molecule has 0 fully saturated rings. The van der Waals surface area contributed by atoms with Gasteiger partial charge in [0.2, 0.25) is 0 Å². The summed E-state index contributed by atoms with van der Waals surface area (Å²) >= 11 is 0. The van der Waals surface area contributed by atoms with Crippen molar-refractivity contribution in [2.75, 3.05) is 5.73 Å². The van der Waals surface area contributed by atoms with E-state index >= 15 is 0 Å². The zero-order valence-corrected chi connectivity index (χ0v) is 7.20. The number of hydrogen-bond donors (Lipinski definition) is 3. The van der Waals surface area contributed by atoms with Gasteiger partial charge in [0.1, 0.15) is 6.42 Å². The number of carboxylic acid groups (broad SMARTS) is 1. The molecule has 72 valence electrons. The quantitative estimate of drug-likeness (QED) is 0.536. The Bertz CT molecular complexity index is 465. The zero-order valence-electron chi connectivity index (χ0n) is 7.20. The first-order valence-corrected chi connectivity index (χ1v) is 3.78. The fraction of sp³-hybridized carbons (Fsp3) is 0.111. The van der Waals surface area contributed by atoms with Gasteiger partial charge in [0, 0.05) is 11.8 Å². The number of carboxylic acids is 1. The van der Waals surface area contributed by atoms with Crippen LogP contribution in [0.2, 0.25) is 0 Å². The molecule has 4 N–H and O–H groups in total. The molecule has 0 saturated heterocycles. The van der Waals surface area contributed by atoms with Crippen molar-refractivity contribution in [1.82, 2.24) is 4.98 Å². The van der Waals surface area contributed by atoms with Crippen LogP contribution in [0.25, 0.3) is 0 Å². The molecule has 0 aliphatic carbocycles. The maximum atomic E-state index is 10.8. The maximum absolute atomic E-state index is 10.8. The van der Waals surface area contributed by atoms with Gasteiger partial charge in [-0.05, 0) is 6.07 Å². The van der Waals surface area contributed by atoms with E-state index in [1.165, 1.54) is 12.3 Å². The number of aromatic amines is 1. The number of anilines is 1. The van der Waals surface area contributed by atoms with Crippen LogP contribution in [0.1, 0.15) is 12.0 Å². The summed E-state index contributed by atoms with van der Waals surface area (Å²) < 4.78 is 0. The molecule has 0 spiro atoms. The number of nitrogen functional groups attached to an aromatic ring is 1. The number of aromatic nitrogens is 1. The van der Waals surface area contributed by atoms with E-state index in [0.29, 0.717) is 5.56 Å². The number of nitrogens with two attached hydrogens (primary N) is 1. The zero-order chi connectivity index (χ0) is 10.6. The molecule has 5 nitrogen and oxygen atoms in total. The molecule has 14 heavy (non-hydrogen) atoms. The number of nitrogens with one attached hydrogen (secondary N) is 1. The summed E-state index contributed by atoms with van der Waals surface area (Å²) in [5.41, 5.74) is 5.49. The van der Waals surface area contributed by atoms with Crippen molar-refractivity contribution >= 4 is 11.7 Å². The highest BCUT2D eigenvalue weighted by Gasteiger charge is 1.94. The third-order valence-electron chi connectivity index (χ3n) is 1.40. The first-order valence-electron chi connectivity index (χ1n) is 3.78. The Labute approximate surface area is 79.6 Å². The third kappa shape index (κ3) is 2.68. The van der Waals surface area contributed by atoms with Gasteiger partial charge in [-0.1, -0.05) is 11.8 Å². The average Bonchev–Trinajstić information content (AvgIpc) is 2.10. The normalized spacial score (nSPS) is 8.86. The first-order chi connectivity index (χ1) is 6.59. The first kappa shape index (κ1) is 9.86. The molecule has 0 saturated carbocycles. The van der Waals surface area contributed by atoms with E-state index in [4.69, 9.17) is 10.8 Å². The summed E-state index contributed by atoms with van der Waals surface area (Å²) in [5.74, 6) is 3.99. The second-order valence-corrected chi connectivity index (χ2v) is 2.55. The summed E-state index contributed by atoms with van der Waals surface area (Å²) in [6.45, 7) is 0. The molecule has 1 aromatic heterocycles. The minimum Gasteiger partial charge on any atom is -0.481 e. The van der Waals surface area contributed by atoms with E-state index < -0.39 is 5.97 Å². The Morgan fingerprint density at radius 2 is 2.36 bits per heavy atom. The molecule has 5 heteroatoms. The van der Waals surface area contributed by atoms with Crippen LogP contribution in [0, 0.1) is 11.8 Å². The van der Waals surface area contributed by atoms with Crippen molar-refractivity contribution in [1.29, 1.82) is 0 Å². The SMILES string of the molecule is Nc1cc(C#CCC(=O)O)c[nH]c1=O. The van der Waals surface area contributed by atoms with Crippen LogP contribution in [-0.2, 0) is 4.79 Å². The molecule has 0 aromatic carbocycles. The predicted molar refractivity (Wildman–Crippen MR) is 50.6 cm³/mol. The van der Waals surface area contributed by atoms with Gasteiger partial charge >= 0.3 is 5.97 Å². The van der Waals surface area contributed by atoms with Crippen molar-refractivity contribution in [3.8, 4) is 11.8 Å².